The van der Waals surface area contributed by atoms with Gasteiger partial charge in [-0.05, 0) is 18.8 Å². The van der Waals surface area contributed by atoms with E-state index in [1.54, 1.807) is 11.8 Å². The Hall–Kier alpha value is -0.750. The van der Waals surface area contributed by atoms with Crippen molar-refractivity contribution in [2.24, 2.45) is 5.92 Å². The van der Waals surface area contributed by atoms with Crippen LogP contribution in [0.15, 0.2) is 0 Å². The van der Waals surface area contributed by atoms with Crippen molar-refractivity contribution in [1.29, 1.82) is 0 Å². The molecular weight excluding hydrogens is 264 g/mol. The molecule has 2 atom stereocenters. The van der Waals surface area contributed by atoms with Gasteiger partial charge in [0.05, 0.1) is 6.04 Å². The second-order valence-electron chi connectivity index (χ2n) is 4.94. The maximum absolute atomic E-state index is 11.8. The SMILES string of the molecule is CCCC(CCNC(=O)C1CSCN1)CCC(=O)O. The van der Waals surface area contributed by atoms with Crippen LogP contribution in [-0.4, -0.2) is 41.2 Å². The molecule has 1 aliphatic rings. The largest absolute Gasteiger partial charge is 0.481 e. The van der Waals surface area contributed by atoms with Gasteiger partial charge in [0.15, 0.2) is 0 Å². The summed E-state index contributed by atoms with van der Waals surface area (Å²) in [4.78, 5) is 22.4. The lowest BCUT2D eigenvalue weighted by atomic mass is 9.94. The number of carboxylic acid groups (broad SMARTS) is 1. The quantitative estimate of drug-likeness (QED) is 0.598. The first-order valence-electron chi connectivity index (χ1n) is 6.94. The lowest BCUT2D eigenvalue weighted by Gasteiger charge is -2.16. The number of nitrogens with one attached hydrogen (secondary N) is 2. The molecule has 0 aliphatic carbocycles. The number of hydrogen-bond donors (Lipinski definition) is 3. The number of carboxylic acids is 1. The van der Waals surface area contributed by atoms with Crippen LogP contribution in [0.4, 0.5) is 0 Å². The monoisotopic (exact) mass is 288 g/mol. The highest BCUT2D eigenvalue weighted by atomic mass is 32.2. The van der Waals surface area contributed by atoms with Crippen molar-refractivity contribution in [2.75, 3.05) is 18.2 Å². The van der Waals surface area contributed by atoms with Crippen LogP contribution >= 0.6 is 11.8 Å². The Morgan fingerprint density at radius 3 is 2.79 bits per heavy atom. The van der Waals surface area contributed by atoms with E-state index in [0.29, 0.717) is 18.9 Å². The fraction of sp³-hybridized carbons (Fsp3) is 0.846. The molecule has 3 N–H and O–H groups in total. The van der Waals surface area contributed by atoms with E-state index in [2.05, 4.69) is 17.6 Å². The van der Waals surface area contributed by atoms with E-state index in [4.69, 9.17) is 5.11 Å². The number of hydrogen-bond acceptors (Lipinski definition) is 4. The zero-order valence-electron chi connectivity index (χ0n) is 11.5. The second-order valence-corrected chi connectivity index (χ2v) is 5.97. The Balaban J connectivity index is 2.19. The van der Waals surface area contributed by atoms with Crippen LogP contribution in [0.5, 0.6) is 0 Å². The molecule has 0 spiro atoms. The van der Waals surface area contributed by atoms with Crippen LogP contribution in [-0.2, 0) is 9.59 Å². The van der Waals surface area contributed by atoms with Gasteiger partial charge in [-0.3, -0.25) is 14.9 Å². The molecule has 110 valence electrons. The van der Waals surface area contributed by atoms with Crippen LogP contribution in [0.25, 0.3) is 0 Å². The molecule has 0 saturated carbocycles. The average molecular weight is 288 g/mol. The van der Waals surface area contributed by atoms with Crippen molar-refractivity contribution in [1.82, 2.24) is 10.6 Å². The van der Waals surface area contributed by atoms with Crippen molar-refractivity contribution < 1.29 is 14.7 Å². The van der Waals surface area contributed by atoms with Gasteiger partial charge < -0.3 is 10.4 Å². The number of amides is 1. The molecule has 1 heterocycles. The normalized spacial score (nSPS) is 20.2. The van der Waals surface area contributed by atoms with E-state index in [-0.39, 0.29) is 18.4 Å². The van der Waals surface area contributed by atoms with Gasteiger partial charge in [0.2, 0.25) is 5.91 Å². The first-order valence-corrected chi connectivity index (χ1v) is 8.09. The summed E-state index contributed by atoms with van der Waals surface area (Å²) >= 11 is 1.73. The van der Waals surface area contributed by atoms with E-state index in [1.807, 2.05) is 0 Å². The molecule has 0 aromatic heterocycles. The number of rotatable bonds is 9. The fourth-order valence-electron chi connectivity index (χ4n) is 2.26. The third kappa shape index (κ3) is 6.82. The van der Waals surface area contributed by atoms with Crippen molar-refractivity contribution in [3.63, 3.8) is 0 Å². The number of carbonyl (C=O) groups is 2. The molecule has 19 heavy (non-hydrogen) atoms. The van der Waals surface area contributed by atoms with Gasteiger partial charge in [0.25, 0.3) is 0 Å². The minimum absolute atomic E-state index is 0.0614. The minimum Gasteiger partial charge on any atom is -0.481 e. The Labute approximate surface area is 118 Å². The van der Waals surface area contributed by atoms with Gasteiger partial charge in [0, 0.05) is 24.6 Å². The summed E-state index contributed by atoms with van der Waals surface area (Å²) in [5.74, 6) is 1.40. The molecule has 6 heteroatoms. The minimum atomic E-state index is -0.739. The van der Waals surface area contributed by atoms with E-state index in [1.165, 1.54) is 0 Å². The fourth-order valence-corrected chi connectivity index (χ4v) is 3.20. The molecule has 5 nitrogen and oxygen atoms in total. The topological polar surface area (TPSA) is 78.4 Å². The van der Waals surface area contributed by atoms with Gasteiger partial charge >= 0.3 is 5.97 Å². The molecule has 1 rings (SSSR count). The summed E-state index contributed by atoms with van der Waals surface area (Å²) in [5, 5.41) is 14.8. The van der Waals surface area contributed by atoms with E-state index in [9.17, 15) is 9.59 Å². The highest BCUT2D eigenvalue weighted by molar-refractivity contribution is 7.99. The summed E-state index contributed by atoms with van der Waals surface area (Å²) < 4.78 is 0. The molecule has 2 unspecified atom stereocenters. The third-order valence-corrected chi connectivity index (χ3v) is 4.29. The van der Waals surface area contributed by atoms with Gasteiger partial charge in [0.1, 0.15) is 0 Å². The highest BCUT2D eigenvalue weighted by Crippen LogP contribution is 2.17. The summed E-state index contributed by atoms with van der Waals surface area (Å²) in [6.07, 6.45) is 3.88. The highest BCUT2D eigenvalue weighted by Gasteiger charge is 2.22. The molecule has 1 aliphatic heterocycles. The van der Waals surface area contributed by atoms with Gasteiger partial charge in [-0.2, -0.15) is 0 Å². The zero-order valence-corrected chi connectivity index (χ0v) is 12.3. The van der Waals surface area contributed by atoms with Crippen molar-refractivity contribution in [3.8, 4) is 0 Å². The smallest absolute Gasteiger partial charge is 0.303 e. The van der Waals surface area contributed by atoms with Crippen LogP contribution in [0.1, 0.15) is 39.0 Å². The maximum atomic E-state index is 11.8. The molecule has 0 radical (unpaired) electrons. The molecule has 0 aromatic carbocycles. The molecule has 0 bridgehead atoms. The Bertz CT molecular complexity index is 294. The van der Waals surface area contributed by atoms with Crippen molar-refractivity contribution in [3.05, 3.63) is 0 Å². The summed E-state index contributed by atoms with van der Waals surface area (Å²) in [5.41, 5.74) is 0. The first kappa shape index (κ1) is 16.3. The Kier molecular flexibility index (Phi) is 7.90. The molecule has 1 fully saturated rings. The molecule has 0 aromatic rings. The van der Waals surface area contributed by atoms with Gasteiger partial charge in [-0.25, -0.2) is 0 Å². The number of thioether (sulfide) groups is 1. The zero-order chi connectivity index (χ0) is 14.1. The van der Waals surface area contributed by atoms with Crippen LogP contribution < -0.4 is 10.6 Å². The molecule has 1 amide bonds. The van der Waals surface area contributed by atoms with Crippen LogP contribution in [0.3, 0.4) is 0 Å². The predicted molar refractivity (Wildman–Crippen MR) is 77.1 cm³/mol. The summed E-state index contributed by atoms with van der Waals surface area (Å²) in [6.45, 7) is 2.75. The van der Waals surface area contributed by atoms with Crippen LogP contribution in [0.2, 0.25) is 0 Å². The third-order valence-electron chi connectivity index (χ3n) is 3.35. The lowest BCUT2D eigenvalue weighted by Crippen LogP contribution is -2.42. The van der Waals surface area contributed by atoms with E-state index < -0.39 is 5.97 Å². The Morgan fingerprint density at radius 1 is 1.42 bits per heavy atom. The molecule has 1 saturated heterocycles. The maximum Gasteiger partial charge on any atom is 0.303 e. The average Bonchev–Trinajstić information content (AvgIpc) is 2.89. The van der Waals surface area contributed by atoms with Gasteiger partial charge in [-0.1, -0.05) is 19.8 Å². The van der Waals surface area contributed by atoms with E-state index >= 15 is 0 Å². The molecular formula is C13H24N2O3S. The predicted octanol–water partition coefficient (Wildman–Crippen LogP) is 1.44. The number of carbonyl (C=O) groups excluding carboxylic acids is 1. The standard InChI is InChI=1S/C13H24N2O3S/c1-2-3-10(4-5-12(16)17)6-7-14-13(18)11-8-19-9-15-11/h10-11,15H,2-9H2,1H3,(H,14,18)(H,16,17). The van der Waals surface area contributed by atoms with Gasteiger partial charge in [-0.15, -0.1) is 11.8 Å². The first-order chi connectivity index (χ1) is 9.13. The lowest BCUT2D eigenvalue weighted by molar-refractivity contribution is -0.137. The Morgan fingerprint density at radius 2 is 2.21 bits per heavy atom. The summed E-state index contributed by atoms with van der Waals surface area (Å²) in [6, 6.07) is -0.0614. The number of aliphatic carboxylic acids is 1. The van der Waals surface area contributed by atoms with Crippen molar-refractivity contribution in [2.45, 2.75) is 45.1 Å². The second kappa shape index (κ2) is 9.20. The summed E-state index contributed by atoms with van der Waals surface area (Å²) in [7, 11) is 0. The van der Waals surface area contributed by atoms with Crippen molar-refractivity contribution >= 4 is 23.6 Å². The van der Waals surface area contributed by atoms with Crippen LogP contribution in [0, 0.1) is 5.92 Å². The van der Waals surface area contributed by atoms with E-state index in [0.717, 1.165) is 30.9 Å².